The Bertz CT molecular complexity index is 1280. The van der Waals surface area contributed by atoms with Crippen molar-refractivity contribution in [2.45, 2.75) is 36.3 Å². The van der Waals surface area contributed by atoms with E-state index in [4.69, 9.17) is 11.6 Å². The Kier molecular flexibility index (Phi) is 6.92. The van der Waals surface area contributed by atoms with Crippen molar-refractivity contribution in [3.05, 3.63) is 90.0 Å². The van der Waals surface area contributed by atoms with Gasteiger partial charge in [-0.15, -0.1) is 11.6 Å². The van der Waals surface area contributed by atoms with Gasteiger partial charge in [-0.05, 0) is 49.1 Å². The first-order chi connectivity index (χ1) is 17.8. The van der Waals surface area contributed by atoms with Crippen molar-refractivity contribution in [2.75, 3.05) is 11.4 Å². The van der Waals surface area contributed by atoms with Crippen LogP contribution in [0.25, 0.3) is 0 Å². The number of fused-ring (bicyclic) bond motifs is 1. The molecule has 37 heavy (non-hydrogen) atoms. The SMILES string of the molecule is O=C(N[C@@H]1C[C@@H](Cl)[C@@H](CN2C(=O)[C@](O)(c3ccccn3)c3ccccc32)C[C@H]1C(F)F)c1cccnc1. The van der Waals surface area contributed by atoms with E-state index in [1.807, 2.05) is 0 Å². The maximum Gasteiger partial charge on any atom is 0.270 e. The van der Waals surface area contributed by atoms with Crippen LogP contribution in [0.1, 0.15) is 34.5 Å². The molecule has 0 radical (unpaired) electrons. The zero-order valence-corrected chi connectivity index (χ0v) is 20.4. The fourth-order valence-corrected chi connectivity index (χ4v) is 5.70. The van der Waals surface area contributed by atoms with Crippen molar-refractivity contribution in [3.8, 4) is 0 Å². The number of amides is 2. The predicted octanol–water partition coefficient (Wildman–Crippen LogP) is 3.76. The molecule has 2 aliphatic rings. The van der Waals surface area contributed by atoms with Crippen LogP contribution in [0.3, 0.4) is 0 Å². The normalized spacial score (nSPS) is 27.3. The summed E-state index contributed by atoms with van der Waals surface area (Å²) >= 11 is 6.70. The molecule has 2 N–H and O–H groups in total. The number of alkyl halides is 3. The first-order valence-electron chi connectivity index (χ1n) is 12.0. The van der Waals surface area contributed by atoms with Crippen LogP contribution in [0.15, 0.2) is 73.2 Å². The summed E-state index contributed by atoms with van der Waals surface area (Å²) in [5.74, 6) is -2.73. The molecule has 0 bridgehead atoms. The van der Waals surface area contributed by atoms with E-state index in [1.165, 1.54) is 23.5 Å². The largest absolute Gasteiger partial charge is 0.370 e. The zero-order valence-electron chi connectivity index (χ0n) is 19.7. The number of anilines is 1. The van der Waals surface area contributed by atoms with E-state index in [9.17, 15) is 23.5 Å². The summed E-state index contributed by atoms with van der Waals surface area (Å²) in [6, 6.07) is 14.1. The quantitative estimate of drug-likeness (QED) is 0.477. The molecule has 0 spiro atoms. The number of carbonyl (C=O) groups excluding carboxylic acids is 2. The number of carbonyl (C=O) groups is 2. The van der Waals surface area contributed by atoms with Gasteiger partial charge in [0.15, 0.2) is 0 Å². The lowest BCUT2D eigenvalue weighted by atomic mass is 9.77. The van der Waals surface area contributed by atoms with E-state index in [2.05, 4.69) is 15.3 Å². The molecule has 0 unspecified atom stereocenters. The molecule has 3 aromatic rings. The first-order valence-corrected chi connectivity index (χ1v) is 12.4. The van der Waals surface area contributed by atoms with Crippen LogP contribution in [0, 0.1) is 11.8 Å². The fourth-order valence-electron chi connectivity index (χ4n) is 5.33. The molecule has 192 valence electrons. The lowest BCUT2D eigenvalue weighted by Gasteiger charge is -2.40. The maximum atomic E-state index is 14.2. The highest BCUT2D eigenvalue weighted by Gasteiger charge is 2.53. The number of hydrogen-bond acceptors (Lipinski definition) is 5. The van der Waals surface area contributed by atoms with Crippen LogP contribution in [-0.4, -0.2) is 51.3 Å². The second-order valence-corrected chi connectivity index (χ2v) is 9.99. The third-order valence-corrected chi connectivity index (χ3v) is 7.77. The van der Waals surface area contributed by atoms with Crippen LogP contribution in [0.5, 0.6) is 0 Å². The average molecular weight is 527 g/mol. The number of nitrogens with zero attached hydrogens (tertiary/aromatic N) is 3. The molecule has 1 aliphatic carbocycles. The standard InChI is InChI=1S/C27H25ClF2N4O3/c28-20-13-21(33-25(35)16-6-5-10-31-14-16)18(24(29)30)12-17(20)15-34-22-8-2-1-7-19(22)27(37,26(34)36)23-9-3-4-11-32-23/h1-11,14,17-18,20-21,24,37H,12-13,15H2,(H,33,35)/t17-,18-,20-,21-,27-/m1/s1. The van der Waals surface area contributed by atoms with Gasteiger partial charge in [0, 0.05) is 48.0 Å². The summed E-state index contributed by atoms with van der Waals surface area (Å²) in [6.45, 7) is 0.0473. The van der Waals surface area contributed by atoms with Crippen molar-refractivity contribution in [1.29, 1.82) is 0 Å². The predicted molar refractivity (Wildman–Crippen MR) is 133 cm³/mol. The second kappa shape index (κ2) is 10.1. The molecular weight excluding hydrogens is 502 g/mol. The van der Waals surface area contributed by atoms with Crippen molar-refractivity contribution in [3.63, 3.8) is 0 Å². The molecular formula is C27H25ClF2N4O3. The van der Waals surface area contributed by atoms with Gasteiger partial charge in [-0.25, -0.2) is 8.78 Å². The zero-order chi connectivity index (χ0) is 26.2. The van der Waals surface area contributed by atoms with E-state index >= 15 is 0 Å². The highest BCUT2D eigenvalue weighted by Crippen LogP contribution is 2.45. The smallest absolute Gasteiger partial charge is 0.270 e. The molecule has 1 aromatic carbocycles. The summed E-state index contributed by atoms with van der Waals surface area (Å²) < 4.78 is 28.3. The number of aliphatic hydroxyl groups is 1. The Hall–Kier alpha value is -3.43. The molecule has 1 aliphatic heterocycles. The van der Waals surface area contributed by atoms with Crippen LogP contribution in [0.2, 0.25) is 0 Å². The van der Waals surface area contributed by atoms with Crippen LogP contribution < -0.4 is 10.2 Å². The average Bonchev–Trinajstić information content (AvgIpc) is 3.13. The van der Waals surface area contributed by atoms with Crippen molar-refractivity contribution >= 4 is 29.1 Å². The Morgan fingerprint density at radius 1 is 1.14 bits per heavy atom. The first kappa shape index (κ1) is 25.2. The van der Waals surface area contributed by atoms with Crippen LogP contribution in [-0.2, 0) is 10.4 Å². The van der Waals surface area contributed by atoms with Gasteiger partial charge >= 0.3 is 0 Å². The summed E-state index contributed by atoms with van der Waals surface area (Å²) in [6.07, 6.45) is 1.80. The van der Waals surface area contributed by atoms with Gasteiger partial charge in [-0.1, -0.05) is 24.3 Å². The lowest BCUT2D eigenvalue weighted by molar-refractivity contribution is -0.132. The molecule has 5 rings (SSSR count). The maximum absolute atomic E-state index is 14.2. The number of benzene rings is 1. The molecule has 1 fully saturated rings. The number of hydrogen-bond donors (Lipinski definition) is 2. The monoisotopic (exact) mass is 526 g/mol. The minimum absolute atomic E-state index is 0.00220. The minimum Gasteiger partial charge on any atom is -0.370 e. The Labute approximate surface area is 217 Å². The number of pyridine rings is 2. The Balaban J connectivity index is 1.38. The minimum atomic E-state index is -2.70. The van der Waals surface area contributed by atoms with E-state index in [0.29, 0.717) is 11.3 Å². The summed E-state index contributed by atoms with van der Waals surface area (Å²) in [5, 5.41) is 13.7. The highest BCUT2D eigenvalue weighted by molar-refractivity contribution is 6.21. The molecule has 0 saturated heterocycles. The number of aromatic nitrogens is 2. The van der Waals surface area contributed by atoms with Gasteiger partial charge in [0.25, 0.3) is 11.8 Å². The van der Waals surface area contributed by atoms with E-state index < -0.39 is 47.1 Å². The third kappa shape index (κ3) is 4.57. The van der Waals surface area contributed by atoms with Gasteiger partial charge in [0.05, 0.1) is 16.9 Å². The van der Waals surface area contributed by atoms with Crippen molar-refractivity contribution < 1.29 is 23.5 Å². The molecule has 1 saturated carbocycles. The number of para-hydroxylation sites is 1. The Morgan fingerprint density at radius 3 is 2.62 bits per heavy atom. The summed E-state index contributed by atoms with van der Waals surface area (Å²) in [7, 11) is 0. The van der Waals surface area contributed by atoms with Gasteiger partial charge < -0.3 is 15.3 Å². The molecule has 2 amide bonds. The van der Waals surface area contributed by atoms with Crippen LogP contribution >= 0.6 is 11.6 Å². The van der Waals surface area contributed by atoms with Gasteiger partial charge in [0.2, 0.25) is 12.0 Å². The molecule has 10 heteroatoms. The molecule has 3 heterocycles. The molecule has 2 aromatic heterocycles. The van der Waals surface area contributed by atoms with Crippen molar-refractivity contribution in [1.82, 2.24) is 15.3 Å². The second-order valence-electron chi connectivity index (χ2n) is 9.43. The fraction of sp³-hybridized carbons (Fsp3) is 0.333. The molecule has 7 nitrogen and oxygen atoms in total. The van der Waals surface area contributed by atoms with Crippen molar-refractivity contribution in [2.24, 2.45) is 11.8 Å². The number of rotatable bonds is 6. The lowest BCUT2D eigenvalue weighted by Crippen LogP contribution is -2.52. The van der Waals surface area contributed by atoms with Gasteiger partial charge in [-0.3, -0.25) is 19.6 Å². The highest BCUT2D eigenvalue weighted by atomic mass is 35.5. The Morgan fingerprint density at radius 2 is 1.92 bits per heavy atom. The summed E-state index contributed by atoms with van der Waals surface area (Å²) in [4.78, 5) is 35.8. The van der Waals surface area contributed by atoms with Crippen LogP contribution in [0.4, 0.5) is 14.5 Å². The van der Waals surface area contributed by atoms with E-state index in [-0.39, 0.29) is 30.6 Å². The topological polar surface area (TPSA) is 95.4 Å². The molecule has 5 atom stereocenters. The van der Waals surface area contributed by atoms with E-state index in [0.717, 1.165) is 0 Å². The number of halogens is 3. The third-order valence-electron chi connectivity index (χ3n) is 7.24. The van der Waals surface area contributed by atoms with Gasteiger partial charge in [-0.2, -0.15) is 0 Å². The number of nitrogens with one attached hydrogen (secondary N) is 1. The van der Waals surface area contributed by atoms with E-state index in [1.54, 1.807) is 54.6 Å². The van der Waals surface area contributed by atoms with Gasteiger partial charge in [0.1, 0.15) is 0 Å². The summed E-state index contributed by atoms with van der Waals surface area (Å²) in [5.41, 5.74) is -0.657.